The number of halogens is 2. The van der Waals surface area contributed by atoms with Crippen molar-refractivity contribution in [3.05, 3.63) is 66.8 Å². The SMILES string of the molecule is O=C(Cn1cc(Nc2ncnc3cc(OCCCN4CCC[C@H]4CO)ccc23)cn1)Nc1cccc(F)c1F. The van der Waals surface area contributed by atoms with E-state index in [-0.39, 0.29) is 24.9 Å². The van der Waals surface area contributed by atoms with Crippen molar-refractivity contribution in [3.63, 3.8) is 0 Å². The van der Waals surface area contributed by atoms with Crippen LogP contribution in [0, 0.1) is 11.6 Å². The molecule has 1 aliphatic heterocycles. The highest BCUT2D eigenvalue weighted by molar-refractivity contribution is 5.92. The number of benzene rings is 2. The lowest BCUT2D eigenvalue weighted by Crippen LogP contribution is -2.33. The molecule has 1 amide bonds. The van der Waals surface area contributed by atoms with E-state index in [1.54, 1.807) is 6.20 Å². The van der Waals surface area contributed by atoms with Crippen LogP contribution in [0.3, 0.4) is 0 Å². The molecule has 1 atom stereocenters. The Morgan fingerprint density at radius 1 is 1.21 bits per heavy atom. The number of carbonyl (C=O) groups is 1. The van der Waals surface area contributed by atoms with Crippen molar-refractivity contribution in [2.24, 2.45) is 0 Å². The number of aliphatic hydroxyl groups is 1. The summed E-state index contributed by atoms with van der Waals surface area (Å²) in [6, 6.07) is 9.44. The van der Waals surface area contributed by atoms with Gasteiger partial charge in [-0.05, 0) is 50.1 Å². The van der Waals surface area contributed by atoms with Crippen molar-refractivity contribution in [3.8, 4) is 5.75 Å². The molecular weight excluding hydrogens is 508 g/mol. The Labute approximate surface area is 223 Å². The van der Waals surface area contributed by atoms with Crippen LogP contribution in [0.1, 0.15) is 19.3 Å². The van der Waals surface area contributed by atoms with E-state index in [0.717, 1.165) is 43.8 Å². The molecule has 39 heavy (non-hydrogen) atoms. The maximum absolute atomic E-state index is 13.8. The third kappa shape index (κ3) is 6.47. The molecule has 4 aromatic rings. The molecule has 3 heterocycles. The third-order valence-corrected chi connectivity index (χ3v) is 6.60. The molecule has 0 saturated carbocycles. The minimum absolute atomic E-state index is 0.193. The second kappa shape index (κ2) is 12.1. The molecule has 1 saturated heterocycles. The average molecular weight is 538 g/mol. The van der Waals surface area contributed by atoms with Crippen LogP contribution in [-0.2, 0) is 11.3 Å². The predicted octanol–water partition coefficient (Wildman–Crippen LogP) is 3.71. The van der Waals surface area contributed by atoms with Gasteiger partial charge >= 0.3 is 0 Å². The first-order chi connectivity index (χ1) is 19.0. The summed E-state index contributed by atoms with van der Waals surface area (Å²) in [6.07, 6.45) is 7.62. The zero-order chi connectivity index (χ0) is 27.2. The van der Waals surface area contributed by atoms with Crippen LogP contribution in [0.5, 0.6) is 5.75 Å². The summed E-state index contributed by atoms with van der Waals surface area (Å²) in [5.74, 6) is -1.44. The standard InChI is InChI=1S/C27H29F2N7O3/c28-22-5-1-6-23(26(22)29)34-25(38)15-36-14-18(13-32-36)33-27-21-8-7-20(12-24(21)30-17-31-27)39-11-3-10-35-9-2-4-19(35)16-37/h1,5-8,12-14,17,19,37H,2-4,9-11,15-16H2,(H,34,38)(H,30,31,33)/t19-/m0/s1. The second-order valence-electron chi connectivity index (χ2n) is 9.32. The van der Waals surface area contributed by atoms with Gasteiger partial charge in [-0.2, -0.15) is 5.10 Å². The summed E-state index contributed by atoms with van der Waals surface area (Å²) in [5.41, 5.74) is 1.06. The van der Waals surface area contributed by atoms with Crippen molar-refractivity contribution >= 4 is 34.0 Å². The van der Waals surface area contributed by atoms with E-state index in [4.69, 9.17) is 4.74 Å². The first kappa shape index (κ1) is 26.4. The number of ether oxygens (including phenoxy) is 1. The maximum atomic E-state index is 13.8. The van der Waals surface area contributed by atoms with Gasteiger partial charge in [-0.25, -0.2) is 18.7 Å². The highest BCUT2D eigenvalue weighted by Gasteiger charge is 2.22. The van der Waals surface area contributed by atoms with Gasteiger partial charge in [0.2, 0.25) is 5.91 Å². The number of amides is 1. The number of aromatic nitrogens is 4. The van der Waals surface area contributed by atoms with E-state index in [1.165, 1.54) is 29.3 Å². The molecule has 1 fully saturated rings. The van der Waals surface area contributed by atoms with E-state index in [1.807, 2.05) is 18.2 Å². The number of likely N-dealkylation sites (tertiary alicyclic amines) is 1. The fraction of sp³-hybridized carbons (Fsp3) is 0.333. The number of nitrogens with zero attached hydrogens (tertiary/aromatic N) is 5. The number of aliphatic hydroxyl groups excluding tert-OH is 1. The monoisotopic (exact) mass is 537 g/mol. The number of fused-ring (bicyclic) bond motifs is 1. The van der Waals surface area contributed by atoms with Gasteiger partial charge in [-0.3, -0.25) is 14.4 Å². The van der Waals surface area contributed by atoms with Crippen LogP contribution in [-0.4, -0.2) is 68.0 Å². The molecule has 2 aromatic carbocycles. The van der Waals surface area contributed by atoms with E-state index in [9.17, 15) is 18.7 Å². The molecule has 0 aliphatic carbocycles. The summed E-state index contributed by atoms with van der Waals surface area (Å²) in [5, 5.41) is 19.9. The quantitative estimate of drug-likeness (QED) is 0.248. The Morgan fingerprint density at radius 3 is 2.97 bits per heavy atom. The van der Waals surface area contributed by atoms with E-state index in [0.29, 0.717) is 29.4 Å². The fourth-order valence-electron chi connectivity index (χ4n) is 4.67. The molecular formula is C27H29F2N7O3. The second-order valence-corrected chi connectivity index (χ2v) is 9.32. The normalized spacial score (nSPS) is 15.5. The number of nitrogens with one attached hydrogen (secondary N) is 2. The average Bonchev–Trinajstić information content (AvgIpc) is 3.58. The first-order valence-electron chi connectivity index (χ1n) is 12.8. The Balaban J connectivity index is 1.16. The van der Waals surface area contributed by atoms with Gasteiger partial charge in [-0.1, -0.05) is 6.07 Å². The number of rotatable bonds is 11. The summed E-state index contributed by atoms with van der Waals surface area (Å²) < 4.78 is 34.5. The van der Waals surface area contributed by atoms with E-state index >= 15 is 0 Å². The van der Waals surface area contributed by atoms with Crippen molar-refractivity contribution in [1.82, 2.24) is 24.6 Å². The van der Waals surface area contributed by atoms with Gasteiger partial charge < -0.3 is 20.5 Å². The summed E-state index contributed by atoms with van der Waals surface area (Å²) in [4.78, 5) is 23.3. The Kier molecular flexibility index (Phi) is 8.23. The largest absolute Gasteiger partial charge is 0.493 e. The van der Waals surface area contributed by atoms with Crippen LogP contribution in [0.2, 0.25) is 0 Å². The van der Waals surface area contributed by atoms with Crippen molar-refractivity contribution < 1.29 is 23.4 Å². The van der Waals surface area contributed by atoms with Crippen molar-refractivity contribution in [2.75, 3.05) is 36.9 Å². The number of anilines is 3. The molecule has 0 radical (unpaired) electrons. The molecule has 12 heteroatoms. The highest BCUT2D eigenvalue weighted by atomic mass is 19.2. The lowest BCUT2D eigenvalue weighted by atomic mass is 10.2. The van der Waals surface area contributed by atoms with Gasteiger partial charge in [0, 0.05) is 30.2 Å². The summed E-state index contributed by atoms with van der Waals surface area (Å²) in [7, 11) is 0. The Hall–Kier alpha value is -4.16. The van der Waals surface area contributed by atoms with Gasteiger partial charge in [0.1, 0.15) is 24.4 Å². The Bertz CT molecular complexity index is 1450. The summed E-state index contributed by atoms with van der Waals surface area (Å²) in [6.45, 7) is 2.49. The minimum atomic E-state index is -1.11. The molecule has 2 aromatic heterocycles. The lowest BCUT2D eigenvalue weighted by molar-refractivity contribution is -0.116. The topological polar surface area (TPSA) is 117 Å². The molecule has 204 valence electrons. The number of hydrogen-bond acceptors (Lipinski definition) is 8. The summed E-state index contributed by atoms with van der Waals surface area (Å²) >= 11 is 0. The molecule has 3 N–H and O–H groups in total. The fourth-order valence-corrected chi connectivity index (χ4v) is 4.67. The van der Waals surface area contributed by atoms with Crippen molar-refractivity contribution in [2.45, 2.75) is 31.8 Å². The van der Waals surface area contributed by atoms with Crippen LogP contribution >= 0.6 is 0 Å². The zero-order valence-corrected chi connectivity index (χ0v) is 21.2. The van der Waals surface area contributed by atoms with Crippen LogP contribution in [0.25, 0.3) is 10.9 Å². The van der Waals surface area contributed by atoms with E-state index in [2.05, 4.69) is 30.6 Å². The third-order valence-electron chi connectivity index (χ3n) is 6.60. The molecule has 5 rings (SSSR count). The molecule has 0 spiro atoms. The van der Waals surface area contributed by atoms with Gasteiger partial charge in [0.15, 0.2) is 11.6 Å². The van der Waals surface area contributed by atoms with Crippen molar-refractivity contribution in [1.29, 1.82) is 0 Å². The zero-order valence-electron chi connectivity index (χ0n) is 21.2. The van der Waals surface area contributed by atoms with E-state index < -0.39 is 17.5 Å². The molecule has 0 bridgehead atoms. The van der Waals surface area contributed by atoms with Gasteiger partial charge in [0.25, 0.3) is 0 Å². The number of carbonyl (C=O) groups excluding carboxylic acids is 1. The van der Waals surface area contributed by atoms with Gasteiger partial charge in [0.05, 0.1) is 36.3 Å². The minimum Gasteiger partial charge on any atom is -0.493 e. The number of hydrogen-bond donors (Lipinski definition) is 3. The predicted molar refractivity (Wildman–Crippen MR) is 142 cm³/mol. The molecule has 1 aliphatic rings. The Morgan fingerprint density at radius 2 is 2.10 bits per heavy atom. The van der Waals surface area contributed by atoms with Gasteiger partial charge in [-0.15, -0.1) is 0 Å². The maximum Gasteiger partial charge on any atom is 0.246 e. The lowest BCUT2D eigenvalue weighted by Gasteiger charge is -2.22. The first-order valence-corrected chi connectivity index (χ1v) is 12.8. The highest BCUT2D eigenvalue weighted by Crippen LogP contribution is 2.26. The molecule has 0 unspecified atom stereocenters. The smallest absolute Gasteiger partial charge is 0.246 e. The van der Waals surface area contributed by atoms with Crippen LogP contribution < -0.4 is 15.4 Å². The van der Waals surface area contributed by atoms with Crippen LogP contribution in [0.15, 0.2) is 55.1 Å². The molecule has 10 nitrogen and oxygen atoms in total. The van der Waals surface area contributed by atoms with Crippen LogP contribution in [0.4, 0.5) is 26.0 Å².